The van der Waals surface area contributed by atoms with E-state index in [0.29, 0.717) is 5.56 Å². The Hall–Kier alpha value is -2.03. The second kappa shape index (κ2) is 4.57. The normalized spacial score (nSPS) is 17.3. The Balaban J connectivity index is 1.98. The zero-order chi connectivity index (χ0) is 13.4. The van der Waals surface area contributed by atoms with Gasteiger partial charge in [0.1, 0.15) is 5.82 Å². The third-order valence-corrected chi connectivity index (χ3v) is 3.60. The van der Waals surface area contributed by atoms with E-state index in [1.165, 1.54) is 12.1 Å². The van der Waals surface area contributed by atoms with Crippen molar-refractivity contribution >= 4 is 5.78 Å². The van der Waals surface area contributed by atoms with Crippen LogP contribution in [0.1, 0.15) is 39.5 Å². The van der Waals surface area contributed by atoms with Crippen LogP contribution in [0.3, 0.4) is 0 Å². The Kier molecular flexibility index (Phi) is 2.90. The van der Waals surface area contributed by atoms with Crippen molar-refractivity contribution in [3.8, 4) is 0 Å². The summed E-state index contributed by atoms with van der Waals surface area (Å²) in [6.07, 6.45) is 3.34. The molecule has 0 radical (unpaired) electrons. The number of fused-ring (bicyclic) bond motifs is 1. The molecule has 0 fully saturated rings. The van der Waals surface area contributed by atoms with Crippen molar-refractivity contribution in [1.82, 2.24) is 4.98 Å². The molecule has 96 valence electrons. The molecule has 1 aliphatic carbocycles. The Morgan fingerprint density at radius 3 is 3.00 bits per heavy atom. The maximum absolute atomic E-state index is 13.4. The number of aryl methyl sites for hydroxylation is 2. The highest BCUT2D eigenvalue weighted by Gasteiger charge is 2.30. The van der Waals surface area contributed by atoms with Crippen molar-refractivity contribution in [3.63, 3.8) is 0 Å². The molecule has 0 saturated heterocycles. The molecule has 1 unspecified atom stereocenters. The second-order valence-electron chi connectivity index (χ2n) is 5.02. The monoisotopic (exact) mass is 255 g/mol. The van der Waals surface area contributed by atoms with Gasteiger partial charge in [0.2, 0.25) is 0 Å². The van der Waals surface area contributed by atoms with Crippen LogP contribution >= 0.6 is 0 Å². The van der Waals surface area contributed by atoms with Gasteiger partial charge in [-0.1, -0.05) is 6.07 Å². The highest BCUT2D eigenvalue weighted by molar-refractivity contribution is 6.01. The van der Waals surface area contributed by atoms with Gasteiger partial charge in [-0.15, -0.1) is 0 Å². The molecule has 3 rings (SSSR count). The fraction of sp³-hybridized carbons (Fsp3) is 0.250. The number of Topliss-reactive ketones (excluding diaryl/α,β-unsaturated/α-hetero) is 1. The van der Waals surface area contributed by atoms with Crippen LogP contribution in [0.15, 0.2) is 36.5 Å². The highest BCUT2D eigenvalue weighted by Crippen LogP contribution is 2.33. The lowest BCUT2D eigenvalue weighted by molar-refractivity contribution is 0.0957. The van der Waals surface area contributed by atoms with E-state index < -0.39 is 0 Å². The first-order chi connectivity index (χ1) is 9.15. The summed E-state index contributed by atoms with van der Waals surface area (Å²) < 4.78 is 13.4. The Bertz CT molecular complexity index is 631. The van der Waals surface area contributed by atoms with E-state index in [1.54, 1.807) is 19.2 Å². The molecule has 2 nitrogen and oxygen atoms in total. The number of hydrogen-bond donors (Lipinski definition) is 0. The molecule has 3 heteroatoms. The van der Waals surface area contributed by atoms with Crippen LogP contribution in [0.4, 0.5) is 4.39 Å². The minimum Gasteiger partial charge on any atom is -0.293 e. The van der Waals surface area contributed by atoms with Crippen molar-refractivity contribution in [2.45, 2.75) is 25.7 Å². The minimum atomic E-state index is -0.359. The first-order valence-corrected chi connectivity index (χ1v) is 6.40. The number of carbonyl (C=O) groups excluding carboxylic acids is 1. The molecule has 0 saturated carbocycles. The lowest BCUT2D eigenvalue weighted by atomic mass is 9.94. The van der Waals surface area contributed by atoms with Gasteiger partial charge in [-0.05, 0) is 55.2 Å². The molecule has 1 aliphatic rings. The second-order valence-corrected chi connectivity index (χ2v) is 5.02. The number of carbonyl (C=O) groups is 1. The van der Waals surface area contributed by atoms with Crippen molar-refractivity contribution in [2.24, 2.45) is 0 Å². The van der Waals surface area contributed by atoms with Gasteiger partial charge >= 0.3 is 0 Å². The van der Waals surface area contributed by atoms with E-state index in [9.17, 15) is 9.18 Å². The van der Waals surface area contributed by atoms with E-state index in [1.807, 2.05) is 12.1 Å². The number of rotatable bonds is 2. The van der Waals surface area contributed by atoms with Crippen LogP contribution in [-0.2, 0) is 6.42 Å². The van der Waals surface area contributed by atoms with Gasteiger partial charge in [0.15, 0.2) is 5.78 Å². The van der Waals surface area contributed by atoms with Gasteiger partial charge in [0.25, 0.3) is 0 Å². The van der Waals surface area contributed by atoms with E-state index in [-0.39, 0.29) is 17.5 Å². The van der Waals surface area contributed by atoms with Gasteiger partial charge in [0.05, 0.1) is 11.6 Å². The average molecular weight is 255 g/mol. The third kappa shape index (κ3) is 2.16. The maximum atomic E-state index is 13.4. The van der Waals surface area contributed by atoms with Crippen LogP contribution in [0.2, 0.25) is 0 Å². The Labute approximate surface area is 111 Å². The summed E-state index contributed by atoms with van der Waals surface area (Å²) in [7, 11) is 0. The van der Waals surface area contributed by atoms with Crippen LogP contribution in [-0.4, -0.2) is 10.8 Å². The topological polar surface area (TPSA) is 30.0 Å². The van der Waals surface area contributed by atoms with Crippen molar-refractivity contribution in [3.05, 3.63) is 64.7 Å². The number of pyridine rings is 1. The minimum absolute atomic E-state index is 0.0277. The fourth-order valence-corrected chi connectivity index (χ4v) is 2.75. The standard InChI is InChI=1S/C16H14FNO/c1-10-7-12(9-13(17)8-10)16(19)14-5-4-11-3-2-6-18-15(11)14/h2-3,6-9,14H,4-5H2,1H3. The Morgan fingerprint density at radius 1 is 1.37 bits per heavy atom. The summed E-state index contributed by atoms with van der Waals surface area (Å²) in [6, 6.07) is 8.38. The Morgan fingerprint density at radius 2 is 2.21 bits per heavy atom. The molecule has 1 aromatic carbocycles. The molecule has 1 heterocycles. The molecule has 2 aromatic rings. The van der Waals surface area contributed by atoms with Gasteiger partial charge in [-0.2, -0.15) is 0 Å². The van der Waals surface area contributed by atoms with E-state index in [2.05, 4.69) is 4.98 Å². The molecule has 0 spiro atoms. The molecular weight excluding hydrogens is 241 g/mol. The first kappa shape index (κ1) is 12.0. The smallest absolute Gasteiger partial charge is 0.172 e. The summed E-state index contributed by atoms with van der Waals surface area (Å²) in [5.74, 6) is -0.611. The van der Waals surface area contributed by atoms with Crippen LogP contribution in [0.5, 0.6) is 0 Å². The van der Waals surface area contributed by atoms with Gasteiger partial charge in [-0.25, -0.2) is 4.39 Å². The predicted octanol–water partition coefficient (Wildman–Crippen LogP) is 3.44. The first-order valence-electron chi connectivity index (χ1n) is 6.40. The molecule has 0 aliphatic heterocycles. The fourth-order valence-electron chi connectivity index (χ4n) is 2.75. The molecule has 19 heavy (non-hydrogen) atoms. The van der Waals surface area contributed by atoms with Gasteiger partial charge in [0, 0.05) is 11.8 Å². The van der Waals surface area contributed by atoms with Crippen LogP contribution < -0.4 is 0 Å². The zero-order valence-electron chi connectivity index (χ0n) is 10.7. The van der Waals surface area contributed by atoms with Crippen molar-refractivity contribution in [1.29, 1.82) is 0 Å². The SMILES string of the molecule is Cc1cc(F)cc(C(=O)C2CCc3cccnc32)c1. The maximum Gasteiger partial charge on any atom is 0.172 e. The summed E-state index contributed by atoms with van der Waals surface area (Å²) in [5, 5.41) is 0. The van der Waals surface area contributed by atoms with E-state index >= 15 is 0 Å². The number of hydrogen-bond acceptors (Lipinski definition) is 2. The summed E-state index contributed by atoms with van der Waals surface area (Å²) >= 11 is 0. The van der Waals surface area contributed by atoms with E-state index in [4.69, 9.17) is 0 Å². The number of nitrogens with zero attached hydrogens (tertiary/aromatic N) is 1. The van der Waals surface area contributed by atoms with Gasteiger partial charge < -0.3 is 0 Å². The van der Waals surface area contributed by atoms with Gasteiger partial charge in [-0.3, -0.25) is 9.78 Å². The van der Waals surface area contributed by atoms with Crippen molar-refractivity contribution < 1.29 is 9.18 Å². The predicted molar refractivity (Wildman–Crippen MR) is 70.8 cm³/mol. The molecule has 1 aromatic heterocycles. The number of ketones is 1. The largest absolute Gasteiger partial charge is 0.293 e. The highest BCUT2D eigenvalue weighted by atomic mass is 19.1. The number of aromatic nitrogens is 1. The third-order valence-electron chi connectivity index (χ3n) is 3.60. The molecule has 1 atom stereocenters. The zero-order valence-corrected chi connectivity index (χ0v) is 10.7. The lowest BCUT2D eigenvalue weighted by Crippen LogP contribution is -2.12. The quantitative estimate of drug-likeness (QED) is 0.769. The molecule has 0 bridgehead atoms. The molecule has 0 N–H and O–H groups in total. The average Bonchev–Trinajstić information content (AvgIpc) is 2.80. The summed E-state index contributed by atoms with van der Waals surface area (Å²) in [4.78, 5) is 16.8. The summed E-state index contributed by atoms with van der Waals surface area (Å²) in [5.41, 5.74) is 3.20. The lowest BCUT2D eigenvalue weighted by Gasteiger charge is -2.10. The number of halogens is 1. The van der Waals surface area contributed by atoms with E-state index in [0.717, 1.165) is 29.7 Å². The van der Waals surface area contributed by atoms with Crippen LogP contribution in [0.25, 0.3) is 0 Å². The molecular formula is C16H14FNO. The molecule has 0 amide bonds. The van der Waals surface area contributed by atoms with Crippen molar-refractivity contribution in [2.75, 3.05) is 0 Å². The number of benzene rings is 1. The summed E-state index contributed by atoms with van der Waals surface area (Å²) in [6.45, 7) is 1.79. The van der Waals surface area contributed by atoms with Crippen LogP contribution in [0, 0.1) is 12.7 Å².